The largest absolute Gasteiger partial charge is 0.395 e. The van der Waals surface area contributed by atoms with Crippen molar-refractivity contribution in [3.05, 3.63) is 0 Å². The average Bonchev–Trinajstić information content (AvgIpc) is 2.13. The number of aliphatic hydroxyl groups is 1. The lowest BCUT2D eigenvalue weighted by Gasteiger charge is -2.21. The zero-order valence-electron chi connectivity index (χ0n) is 10.00. The van der Waals surface area contributed by atoms with E-state index in [9.17, 15) is 0 Å². The van der Waals surface area contributed by atoms with Gasteiger partial charge in [-0.1, -0.05) is 13.3 Å². The number of nitrogens with zero attached hydrogens (tertiary/aromatic N) is 2. The lowest BCUT2D eigenvalue weighted by Crippen LogP contribution is -2.30. The van der Waals surface area contributed by atoms with Crippen molar-refractivity contribution in [3.63, 3.8) is 0 Å². The molecule has 0 aliphatic carbocycles. The van der Waals surface area contributed by atoms with E-state index in [1.54, 1.807) is 0 Å². The number of unbranched alkanes of at least 4 members (excludes halogenated alkanes) is 1. The van der Waals surface area contributed by atoms with Crippen LogP contribution < -0.4 is 0 Å². The number of rotatable bonds is 9. The molecule has 0 aromatic heterocycles. The highest BCUT2D eigenvalue weighted by molar-refractivity contribution is 4.58. The molecule has 0 aromatic rings. The molecule has 3 heteroatoms. The van der Waals surface area contributed by atoms with Gasteiger partial charge in [-0.25, -0.2) is 0 Å². The Morgan fingerprint density at radius 3 is 2.07 bits per heavy atom. The fraction of sp³-hybridized carbons (Fsp3) is 1.00. The van der Waals surface area contributed by atoms with E-state index < -0.39 is 0 Å². The monoisotopic (exact) mass is 202 g/mol. The van der Waals surface area contributed by atoms with Crippen LogP contribution in [0.15, 0.2) is 0 Å². The molecule has 0 rings (SSSR count). The van der Waals surface area contributed by atoms with E-state index in [1.807, 2.05) is 0 Å². The second-order valence-corrected chi connectivity index (χ2v) is 4.08. The zero-order chi connectivity index (χ0) is 10.8. The van der Waals surface area contributed by atoms with Crippen LogP contribution in [0.5, 0.6) is 0 Å². The van der Waals surface area contributed by atoms with Crippen molar-refractivity contribution < 1.29 is 5.11 Å². The van der Waals surface area contributed by atoms with Gasteiger partial charge >= 0.3 is 0 Å². The van der Waals surface area contributed by atoms with Gasteiger partial charge in [0.05, 0.1) is 6.61 Å². The first kappa shape index (κ1) is 13.9. The topological polar surface area (TPSA) is 26.7 Å². The number of hydrogen-bond donors (Lipinski definition) is 1. The van der Waals surface area contributed by atoms with Gasteiger partial charge in [0.15, 0.2) is 0 Å². The summed E-state index contributed by atoms with van der Waals surface area (Å²) in [6.45, 7) is 6.69. The Kier molecular flexibility index (Phi) is 9.35. The minimum absolute atomic E-state index is 0.283. The Hall–Kier alpha value is -0.120. The van der Waals surface area contributed by atoms with Crippen LogP contribution in [0.1, 0.15) is 26.2 Å². The summed E-state index contributed by atoms with van der Waals surface area (Å²) in [6, 6.07) is 0. The molecule has 0 radical (unpaired) electrons. The van der Waals surface area contributed by atoms with Gasteiger partial charge in [0, 0.05) is 6.54 Å². The maximum absolute atomic E-state index is 8.89. The Balaban J connectivity index is 3.50. The van der Waals surface area contributed by atoms with Crippen LogP contribution in [-0.2, 0) is 0 Å². The van der Waals surface area contributed by atoms with E-state index in [0.717, 1.165) is 26.2 Å². The molecule has 0 aliphatic heterocycles. The normalized spacial score (nSPS) is 11.6. The summed E-state index contributed by atoms with van der Waals surface area (Å²) < 4.78 is 0. The fourth-order valence-electron chi connectivity index (χ4n) is 1.47. The predicted molar refractivity (Wildman–Crippen MR) is 61.6 cm³/mol. The van der Waals surface area contributed by atoms with Crippen molar-refractivity contribution >= 4 is 0 Å². The minimum atomic E-state index is 0.283. The molecule has 0 bridgehead atoms. The molecule has 0 saturated carbocycles. The van der Waals surface area contributed by atoms with Crippen molar-refractivity contribution in [1.82, 2.24) is 9.80 Å². The van der Waals surface area contributed by atoms with Crippen LogP contribution in [0.25, 0.3) is 0 Å². The molecule has 0 saturated heterocycles. The van der Waals surface area contributed by atoms with Crippen LogP contribution in [0.3, 0.4) is 0 Å². The molecule has 14 heavy (non-hydrogen) atoms. The van der Waals surface area contributed by atoms with Gasteiger partial charge in [0.2, 0.25) is 0 Å². The first-order valence-electron chi connectivity index (χ1n) is 5.68. The van der Waals surface area contributed by atoms with Gasteiger partial charge in [0.1, 0.15) is 0 Å². The maximum atomic E-state index is 8.89. The molecule has 86 valence electrons. The van der Waals surface area contributed by atoms with E-state index in [0.29, 0.717) is 0 Å². The third-order valence-corrected chi connectivity index (χ3v) is 2.32. The average molecular weight is 202 g/mol. The van der Waals surface area contributed by atoms with E-state index >= 15 is 0 Å². The zero-order valence-corrected chi connectivity index (χ0v) is 10.00. The van der Waals surface area contributed by atoms with Crippen molar-refractivity contribution in [2.75, 3.05) is 46.9 Å². The highest BCUT2D eigenvalue weighted by atomic mass is 16.3. The third kappa shape index (κ3) is 8.48. The molecule has 0 amide bonds. The lowest BCUT2D eigenvalue weighted by molar-refractivity contribution is 0.188. The molecule has 1 N–H and O–H groups in total. The summed E-state index contributed by atoms with van der Waals surface area (Å²) in [7, 11) is 4.20. The number of hydrogen-bond acceptors (Lipinski definition) is 3. The quantitative estimate of drug-likeness (QED) is 0.605. The van der Waals surface area contributed by atoms with Crippen LogP contribution in [-0.4, -0.2) is 61.8 Å². The van der Waals surface area contributed by atoms with Crippen LogP contribution in [0.4, 0.5) is 0 Å². The second-order valence-electron chi connectivity index (χ2n) is 4.08. The van der Waals surface area contributed by atoms with Gasteiger partial charge in [-0.2, -0.15) is 0 Å². The molecule has 0 spiro atoms. The molecule has 0 fully saturated rings. The van der Waals surface area contributed by atoms with Gasteiger partial charge in [-0.05, 0) is 46.6 Å². The Morgan fingerprint density at radius 2 is 1.57 bits per heavy atom. The molecule has 0 aliphatic rings. The van der Waals surface area contributed by atoms with Gasteiger partial charge in [-0.15, -0.1) is 0 Å². The Labute approximate surface area is 88.7 Å². The van der Waals surface area contributed by atoms with E-state index in [-0.39, 0.29) is 6.61 Å². The van der Waals surface area contributed by atoms with E-state index in [1.165, 1.54) is 19.3 Å². The molecule has 0 heterocycles. The predicted octanol–water partition coefficient (Wildman–Crippen LogP) is 1.03. The highest BCUT2D eigenvalue weighted by Gasteiger charge is 2.02. The molecule has 3 nitrogen and oxygen atoms in total. The van der Waals surface area contributed by atoms with Crippen molar-refractivity contribution in [3.8, 4) is 0 Å². The first-order valence-corrected chi connectivity index (χ1v) is 5.68. The lowest BCUT2D eigenvalue weighted by atomic mass is 10.3. The summed E-state index contributed by atoms with van der Waals surface area (Å²) in [5, 5.41) is 8.89. The van der Waals surface area contributed by atoms with Crippen molar-refractivity contribution in [2.24, 2.45) is 0 Å². The van der Waals surface area contributed by atoms with E-state index in [2.05, 4.69) is 30.8 Å². The molecule has 0 atom stereocenters. The standard InChI is InChI=1S/C11H26N2O/c1-4-5-8-13(10-11-14)9-6-7-12(2)3/h14H,4-11H2,1-3H3. The summed E-state index contributed by atoms with van der Waals surface area (Å²) in [5.41, 5.74) is 0. The minimum Gasteiger partial charge on any atom is -0.395 e. The van der Waals surface area contributed by atoms with Crippen LogP contribution in [0.2, 0.25) is 0 Å². The molecule has 0 unspecified atom stereocenters. The molecular weight excluding hydrogens is 176 g/mol. The van der Waals surface area contributed by atoms with E-state index in [4.69, 9.17) is 5.11 Å². The Morgan fingerprint density at radius 1 is 0.929 bits per heavy atom. The molecule has 0 aromatic carbocycles. The van der Waals surface area contributed by atoms with Crippen molar-refractivity contribution in [1.29, 1.82) is 0 Å². The summed E-state index contributed by atoms with van der Waals surface area (Å²) in [4.78, 5) is 4.56. The van der Waals surface area contributed by atoms with Crippen molar-refractivity contribution in [2.45, 2.75) is 26.2 Å². The smallest absolute Gasteiger partial charge is 0.0558 e. The second kappa shape index (κ2) is 9.44. The molecular formula is C11H26N2O. The number of aliphatic hydroxyl groups excluding tert-OH is 1. The first-order chi connectivity index (χ1) is 6.70. The Bertz CT molecular complexity index is 118. The summed E-state index contributed by atoms with van der Waals surface area (Å²) in [5.74, 6) is 0. The SMILES string of the molecule is CCCCN(CCO)CCCN(C)C. The maximum Gasteiger partial charge on any atom is 0.0558 e. The third-order valence-electron chi connectivity index (χ3n) is 2.32. The fourth-order valence-corrected chi connectivity index (χ4v) is 1.47. The summed E-state index contributed by atoms with van der Waals surface area (Å²) in [6.07, 6.45) is 3.66. The van der Waals surface area contributed by atoms with Gasteiger partial charge in [-0.3, -0.25) is 0 Å². The van der Waals surface area contributed by atoms with Gasteiger partial charge in [0.25, 0.3) is 0 Å². The van der Waals surface area contributed by atoms with Gasteiger partial charge < -0.3 is 14.9 Å². The van der Waals surface area contributed by atoms with Crippen LogP contribution >= 0.6 is 0 Å². The summed E-state index contributed by atoms with van der Waals surface area (Å²) >= 11 is 0. The van der Waals surface area contributed by atoms with Crippen LogP contribution in [0, 0.1) is 0 Å². The highest BCUT2D eigenvalue weighted by Crippen LogP contribution is 1.97.